The molecule has 60 heavy (non-hydrogen) atoms. The molecular formula is C45H55N9O6. The van der Waals surface area contributed by atoms with Crippen molar-refractivity contribution in [2.75, 3.05) is 14.2 Å². The second kappa shape index (κ2) is 17.2. The Morgan fingerprint density at radius 1 is 0.733 bits per heavy atom. The van der Waals surface area contributed by atoms with E-state index in [4.69, 9.17) is 19.7 Å². The van der Waals surface area contributed by atoms with Gasteiger partial charge in [-0.05, 0) is 80.7 Å². The van der Waals surface area contributed by atoms with Crippen LogP contribution in [-0.2, 0) is 14.3 Å². The van der Waals surface area contributed by atoms with Gasteiger partial charge in [0, 0.05) is 42.5 Å². The van der Waals surface area contributed by atoms with E-state index in [2.05, 4.69) is 33.5 Å². The summed E-state index contributed by atoms with van der Waals surface area (Å²) in [6, 6.07) is 16.2. The van der Waals surface area contributed by atoms with Gasteiger partial charge in [-0.3, -0.25) is 14.5 Å². The number of methoxy groups -OCH3 is 1. The van der Waals surface area contributed by atoms with Crippen LogP contribution < -0.4 is 5.32 Å². The van der Waals surface area contributed by atoms with Gasteiger partial charge in [-0.2, -0.15) is 0 Å². The van der Waals surface area contributed by atoms with Crippen molar-refractivity contribution in [1.82, 2.24) is 44.9 Å². The number of likely N-dealkylation sites (tertiary alicyclic amines) is 2. The van der Waals surface area contributed by atoms with E-state index in [1.165, 1.54) is 14.2 Å². The number of carbonyl (C=O) groups excluding carboxylic acids is 3. The van der Waals surface area contributed by atoms with E-state index < -0.39 is 24.3 Å². The summed E-state index contributed by atoms with van der Waals surface area (Å²) in [4.78, 5) is 77.6. The number of carbonyl (C=O) groups is 4. The highest BCUT2D eigenvalue weighted by molar-refractivity contribution is 5.88. The maximum Gasteiger partial charge on any atom is 0.407 e. The van der Waals surface area contributed by atoms with Gasteiger partial charge in [0.2, 0.25) is 11.8 Å². The molecule has 4 amide bonds. The third-order valence-corrected chi connectivity index (χ3v) is 12.1. The summed E-state index contributed by atoms with van der Waals surface area (Å²) >= 11 is 0. The summed E-state index contributed by atoms with van der Waals surface area (Å²) in [5.41, 5.74) is 5.98. The summed E-state index contributed by atoms with van der Waals surface area (Å²) < 4.78 is 4.79. The third-order valence-electron chi connectivity index (χ3n) is 12.1. The molecule has 7 rings (SSSR count). The van der Waals surface area contributed by atoms with Gasteiger partial charge < -0.3 is 34.9 Å². The number of aromatic nitrogens is 5. The van der Waals surface area contributed by atoms with Crippen molar-refractivity contribution >= 4 is 34.9 Å². The van der Waals surface area contributed by atoms with E-state index in [0.717, 1.165) is 63.9 Å². The predicted octanol–water partition coefficient (Wildman–Crippen LogP) is 7.80. The lowest BCUT2D eigenvalue weighted by Crippen LogP contribution is -2.53. The lowest BCUT2D eigenvalue weighted by atomic mass is 10.0. The second-order valence-corrected chi connectivity index (χ2v) is 16.8. The first-order valence-electron chi connectivity index (χ1n) is 20.7. The third kappa shape index (κ3) is 8.17. The summed E-state index contributed by atoms with van der Waals surface area (Å²) in [5.74, 6) is 0.693. The number of H-pyrrole nitrogens is 2. The van der Waals surface area contributed by atoms with Crippen LogP contribution in [0.15, 0.2) is 67.0 Å². The Morgan fingerprint density at radius 3 is 1.88 bits per heavy atom. The highest BCUT2D eigenvalue weighted by atomic mass is 16.5. The Labute approximate surface area is 349 Å². The minimum Gasteiger partial charge on any atom is -0.465 e. The zero-order valence-corrected chi connectivity index (χ0v) is 35.5. The lowest BCUT2D eigenvalue weighted by molar-refractivity contribution is -0.140. The van der Waals surface area contributed by atoms with Crippen LogP contribution in [-0.4, -0.2) is 107 Å². The lowest BCUT2D eigenvalue weighted by Gasteiger charge is -2.36. The molecule has 0 spiro atoms. The van der Waals surface area contributed by atoms with Crippen molar-refractivity contribution in [3.05, 3.63) is 78.6 Å². The Bertz CT molecular complexity index is 2370. The average Bonchev–Trinajstić information content (AvgIpc) is 4.06. The molecule has 4 N–H and O–H groups in total. The first-order valence-corrected chi connectivity index (χ1v) is 20.7. The molecule has 2 aromatic carbocycles. The number of aromatic amines is 2. The number of hydrogen-bond donors (Lipinski definition) is 4. The highest BCUT2D eigenvalue weighted by Gasteiger charge is 2.43. The zero-order valence-electron chi connectivity index (χ0n) is 35.5. The Balaban J connectivity index is 1.05. The minimum atomic E-state index is -1.13. The quantitative estimate of drug-likeness (QED) is 0.103. The fourth-order valence-electron chi connectivity index (χ4n) is 8.85. The number of alkyl carbamates (subject to hydrolysis) is 1. The average molecular weight is 818 g/mol. The van der Waals surface area contributed by atoms with Gasteiger partial charge >= 0.3 is 12.2 Å². The number of rotatable bonds is 11. The summed E-state index contributed by atoms with van der Waals surface area (Å²) in [7, 11) is 2.74. The van der Waals surface area contributed by atoms with Gasteiger partial charge in [-0.25, -0.2) is 24.5 Å². The molecule has 15 nitrogen and oxygen atoms in total. The molecule has 0 unspecified atom stereocenters. The largest absolute Gasteiger partial charge is 0.465 e. The monoisotopic (exact) mass is 817 g/mol. The number of benzene rings is 2. The molecule has 0 saturated carbocycles. The molecular weight excluding hydrogens is 763 g/mol. The van der Waals surface area contributed by atoms with Crippen LogP contribution in [0.4, 0.5) is 9.59 Å². The zero-order chi connectivity index (χ0) is 43.0. The van der Waals surface area contributed by atoms with Gasteiger partial charge in [0.1, 0.15) is 29.4 Å². The highest BCUT2D eigenvalue weighted by Crippen LogP contribution is 2.39. The topological polar surface area (TPSA) is 190 Å². The molecule has 2 aliphatic rings. The fraction of sp³-hybridized carbons (Fsp3) is 0.444. The smallest absolute Gasteiger partial charge is 0.407 e. The first-order chi connectivity index (χ1) is 28.7. The normalized spacial score (nSPS) is 20.2. The van der Waals surface area contributed by atoms with Crippen LogP contribution in [0.1, 0.15) is 91.0 Å². The van der Waals surface area contributed by atoms with Crippen LogP contribution in [0.3, 0.4) is 0 Å². The molecule has 0 aliphatic carbocycles. The van der Waals surface area contributed by atoms with E-state index in [0.29, 0.717) is 23.0 Å². The molecule has 2 aliphatic heterocycles. The molecule has 5 aromatic rings. The van der Waals surface area contributed by atoms with Crippen LogP contribution in [0.2, 0.25) is 0 Å². The van der Waals surface area contributed by atoms with Crippen LogP contribution in [0, 0.1) is 11.8 Å². The molecule has 3 aromatic heterocycles. The molecule has 316 valence electrons. The van der Waals surface area contributed by atoms with Crippen molar-refractivity contribution in [3.8, 4) is 33.8 Å². The number of pyridine rings is 1. The fourth-order valence-corrected chi connectivity index (χ4v) is 8.85. The maximum absolute atomic E-state index is 13.8. The van der Waals surface area contributed by atoms with Crippen LogP contribution in [0.25, 0.3) is 44.7 Å². The second-order valence-electron chi connectivity index (χ2n) is 16.8. The van der Waals surface area contributed by atoms with Crippen molar-refractivity contribution in [2.45, 2.75) is 103 Å². The van der Waals surface area contributed by atoms with E-state index in [9.17, 15) is 24.3 Å². The van der Waals surface area contributed by atoms with E-state index in [1.807, 2.05) is 95.2 Å². The summed E-state index contributed by atoms with van der Waals surface area (Å²) in [6.45, 7) is 11.6. The van der Waals surface area contributed by atoms with Gasteiger partial charge in [0.05, 0.1) is 36.1 Å². The summed E-state index contributed by atoms with van der Waals surface area (Å²) in [5, 5.41) is 13.4. The molecule has 0 bridgehead atoms. The Hall–Kier alpha value is -6.25. The number of nitrogens with zero attached hydrogens (tertiary/aromatic N) is 6. The Kier molecular flexibility index (Phi) is 12.0. The molecule has 0 radical (unpaired) electrons. The van der Waals surface area contributed by atoms with E-state index in [1.54, 1.807) is 4.90 Å². The molecule has 2 fully saturated rings. The van der Waals surface area contributed by atoms with Crippen molar-refractivity contribution in [1.29, 1.82) is 0 Å². The Morgan fingerprint density at radius 2 is 1.30 bits per heavy atom. The minimum absolute atomic E-state index is 0.00629. The molecule has 6 atom stereocenters. The van der Waals surface area contributed by atoms with Crippen molar-refractivity contribution in [3.63, 3.8) is 0 Å². The number of carboxylic acid groups (broad SMARTS) is 1. The number of likely N-dealkylation sites (N-methyl/N-ethyl adjacent to an activating group) is 1. The van der Waals surface area contributed by atoms with Gasteiger partial charge in [0.25, 0.3) is 0 Å². The molecule has 5 heterocycles. The molecule has 2 saturated heterocycles. The SMILES string of the molecule is COC(=O)N[C@H](C(=O)N1[C@@H](C)CC[C@H]1c1nc(-c2ccc(-c3ccc4nc(-c5c[nH]c([C@@H]6CC[C@H](C)N6C(=O)[C@H](C(C)C)N(C)C(=O)O)n5)ccc4c3)cc2)c[nH]1)C(C)C. The predicted molar refractivity (Wildman–Crippen MR) is 227 cm³/mol. The maximum atomic E-state index is 13.8. The van der Waals surface area contributed by atoms with Crippen molar-refractivity contribution < 1.29 is 29.0 Å². The van der Waals surface area contributed by atoms with Gasteiger partial charge in [-0.15, -0.1) is 0 Å². The van der Waals surface area contributed by atoms with E-state index >= 15 is 0 Å². The standard InChI is InChI=1S/C45H55N9O6/c1-24(2)38(51-44(57)60-8)42(55)53-26(5)9-19-36(53)40-46-22-34(49-40)29-13-11-28(12-14-29)30-15-17-32-31(21-30)16-18-33(48-32)35-23-47-41(50-35)37-20-10-27(6)54(37)43(56)39(25(3)4)52(7)45(58)59/h11-18,21-27,36-39H,9-10,19-20H2,1-8H3,(H,46,49)(H,47,50)(H,51,57)(H,58,59)/t26-,27-,36-,37-,38-,39-/m0/s1. The number of ether oxygens (including phenoxy) is 1. The van der Waals surface area contributed by atoms with Crippen molar-refractivity contribution in [2.24, 2.45) is 11.8 Å². The number of hydrogen-bond acceptors (Lipinski definition) is 8. The van der Waals surface area contributed by atoms with Gasteiger partial charge in [0.15, 0.2) is 0 Å². The van der Waals surface area contributed by atoms with Crippen LogP contribution >= 0.6 is 0 Å². The molecule has 15 heteroatoms. The van der Waals surface area contributed by atoms with Crippen LogP contribution in [0.5, 0.6) is 0 Å². The number of amides is 4. The number of fused-ring (bicyclic) bond motifs is 1. The summed E-state index contributed by atoms with van der Waals surface area (Å²) in [6.07, 6.45) is 5.02. The number of imidazole rings is 2. The first kappa shape index (κ1) is 41.9. The van der Waals surface area contributed by atoms with Gasteiger partial charge in [-0.1, -0.05) is 64.1 Å². The van der Waals surface area contributed by atoms with E-state index in [-0.39, 0.29) is 47.8 Å². The number of nitrogens with one attached hydrogen (secondary N) is 3.